The highest BCUT2D eigenvalue weighted by molar-refractivity contribution is 7.91. The van der Waals surface area contributed by atoms with Gasteiger partial charge in [-0.25, -0.2) is 8.42 Å². The summed E-state index contributed by atoms with van der Waals surface area (Å²) < 4.78 is 36.5. The van der Waals surface area contributed by atoms with Gasteiger partial charge in [-0.2, -0.15) is 9.30 Å². The number of piperidine rings is 1. The van der Waals surface area contributed by atoms with Crippen LogP contribution in [-0.2, 0) is 21.4 Å². The highest BCUT2D eigenvalue weighted by Crippen LogP contribution is 2.31. The summed E-state index contributed by atoms with van der Waals surface area (Å²) in [6, 6.07) is 8.97. The minimum atomic E-state index is -3.58. The second-order valence-corrected chi connectivity index (χ2v) is 12.2. The molecule has 2 aromatic heterocycles. The van der Waals surface area contributed by atoms with E-state index in [1.807, 2.05) is 36.6 Å². The zero-order valence-corrected chi connectivity index (χ0v) is 21.0. The Kier molecular flexibility index (Phi) is 7.06. The van der Waals surface area contributed by atoms with Crippen molar-refractivity contribution >= 4 is 60.4 Å². The molecule has 0 radical (unpaired) electrons. The van der Waals surface area contributed by atoms with E-state index in [0.717, 1.165) is 27.3 Å². The van der Waals surface area contributed by atoms with Gasteiger partial charge in [0.25, 0.3) is 15.9 Å². The molecule has 3 aromatic rings. The summed E-state index contributed by atoms with van der Waals surface area (Å²) in [6.07, 6.45) is 0.893. The molecule has 1 aromatic carbocycles. The third kappa shape index (κ3) is 4.51. The van der Waals surface area contributed by atoms with Crippen LogP contribution in [0.5, 0.6) is 5.75 Å². The van der Waals surface area contributed by atoms with E-state index in [1.165, 1.54) is 21.7 Å². The summed E-state index contributed by atoms with van der Waals surface area (Å²) in [7, 11) is -3.58. The molecule has 0 aliphatic carbocycles. The predicted molar refractivity (Wildman–Crippen MR) is 128 cm³/mol. The van der Waals surface area contributed by atoms with E-state index in [9.17, 15) is 13.2 Å². The van der Waals surface area contributed by atoms with Gasteiger partial charge in [0.2, 0.25) is 0 Å². The Labute approximate surface area is 200 Å². The third-order valence-corrected chi connectivity index (χ3v) is 10.1. The van der Waals surface area contributed by atoms with E-state index in [4.69, 9.17) is 16.3 Å². The molecule has 1 aliphatic rings. The van der Waals surface area contributed by atoms with Crippen LogP contribution in [0.3, 0.4) is 0 Å². The van der Waals surface area contributed by atoms with Crippen molar-refractivity contribution in [3.8, 4) is 5.75 Å². The fourth-order valence-electron chi connectivity index (χ4n) is 3.84. The molecule has 0 saturated carbocycles. The number of thiazole rings is 1. The first kappa shape index (κ1) is 23.4. The van der Waals surface area contributed by atoms with Gasteiger partial charge in [-0.3, -0.25) is 4.79 Å². The normalized spacial score (nSPS) is 16.7. The number of thiophene rings is 1. The molecule has 4 rings (SSSR count). The smallest absolute Gasteiger partial charge is 0.252 e. The number of nitrogens with zero attached hydrogens (tertiary/aromatic N) is 3. The molecule has 0 N–H and O–H groups in total. The van der Waals surface area contributed by atoms with Crippen LogP contribution >= 0.6 is 34.3 Å². The van der Waals surface area contributed by atoms with Crippen molar-refractivity contribution in [3.05, 3.63) is 39.5 Å². The molecular formula is C21H24ClN3O4S3. The lowest BCUT2D eigenvalue weighted by atomic mass is 9.98. The Balaban J connectivity index is 1.54. The number of hydrogen-bond donors (Lipinski definition) is 0. The zero-order valence-electron chi connectivity index (χ0n) is 17.8. The average molecular weight is 514 g/mol. The van der Waals surface area contributed by atoms with Crippen molar-refractivity contribution in [2.75, 3.05) is 19.7 Å². The minimum absolute atomic E-state index is 0.201. The highest BCUT2D eigenvalue weighted by Gasteiger charge is 2.33. The summed E-state index contributed by atoms with van der Waals surface area (Å²) in [5.41, 5.74) is 0.948. The number of halogens is 1. The van der Waals surface area contributed by atoms with Gasteiger partial charge >= 0.3 is 0 Å². The van der Waals surface area contributed by atoms with E-state index in [2.05, 4.69) is 4.99 Å². The number of hydrogen-bond acceptors (Lipinski definition) is 6. The van der Waals surface area contributed by atoms with Crippen LogP contribution in [0.4, 0.5) is 0 Å². The summed E-state index contributed by atoms with van der Waals surface area (Å²) >= 11 is 8.41. The molecule has 32 heavy (non-hydrogen) atoms. The van der Waals surface area contributed by atoms with Crippen LogP contribution in [0.2, 0.25) is 4.34 Å². The molecule has 3 heterocycles. The van der Waals surface area contributed by atoms with Gasteiger partial charge in [0.1, 0.15) is 15.5 Å². The molecule has 0 bridgehead atoms. The first-order valence-electron chi connectivity index (χ1n) is 10.4. The quantitative estimate of drug-likeness (QED) is 0.490. The molecule has 0 atom stereocenters. The van der Waals surface area contributed by atoms with Gasteiger partial charge in [-0.1, -0.05) is 29.0 Å². The number of carbonyl (C=O) groups is 1. The fraction of sp³-hybridized carbons (Fsp3) is 0.429. The predicted octanol–water partition coefficient (Wildman–Crippen LogP) is 4.36. The number of aryl methyl sites for hydroxylation is 1. The monoisotopic (exact) mass is 513 g/mol. The van der Waals surface area contributed by atoms with Gasteiger partial charge in [0, 0.05) is 25.6 Å². The molecule has 0 unspecified atom stereocenters. The number of fused-ring (bicyclic) bond motifs is 1. The molecule has 1 fully saturated rings. The lowest BCUT2D eigenvalue weighted by Gasteiger charge is -2.29. The van der Waals surface area contributed by atoms with Crippen LogP contribution in [-0.4, -0.2) is 42.9 Å². The molecule has 11 heteroatoms. The number of para-hydroxylation sites is 1. The number of amides is 1. The first-order valence-corrected chi connectivity index (χ1v) is 13.9. The minimum Gasteiger partial charge on any atom is -0.492 e. The van der Waals surface area contributed by atoms with Gasteiger partial charge in [0.05, 0.1) is 15.6 Å². The van der Waals surface area contributed by atoms with E-state index in [0.29, 0.717) is 48.2 Å². The van der Waals surface area contributed by atoms with Gasteiger partial charge < -0.3 is 9.30 Å². The Hall–Kier alpha value is -1.72. The SMILES string of the molecule is CCOc1cccc2sc(=NC(=O)C3CCN(S(=O)(=O)c4ccc(Cl)s4)CC3)n(CC)c12. The van der Waals surface area contributed by atoms with Crippen molar-refractivity contribution in [2.24, 2.45) is 10.9 Å². The maximum absolute atomic E-state index is 13.0. The number of sulfonamides is 1. The van der Waals surface area contributed by atoms with Gasteiger partial charge in [0.15, 0.2) is 4.80 Å². The van der Waals surface area contributed by atoms with Crippen molar-refractivity contribution in [1.82, 2.24) is 8.87 Å². The van der Waals surface area contributed by atoms with Crippen molar-refractivity contribution in [1.29, 1.82) is 0 Å². The van der Waals surface area contributed by atoms with Crippen LogP contribution in [0.15, 0.2) is 39.5 Å². The van der Waals surface area contributed by atoms with E-state index < -0.39 is 10.0 Å². The Morgan fingerprint density at radius 3 is 2.56 bits per heavy atom. The van der Waals surface area contributed by atoms with Gasteiger partial charge in [-0.05, 0) is 51.0 Å². The lowest BCUT2D eigenvalue weighted by molar-refractivity contribution is -0.122. The molecule has 0 spiro atoms. The second-order valence-electron chi connectivity index (χ2n) is 7.35. The van der Waals surface area contributed by atoms with Crippen LogP contribution < -0.4 is 9.54 Å². The Bertz CT molecular complexity index is 1300. The Morgan fingerprint density at radius 2 is 1.94 bits per heavy atom. The average Bonchev–Trinajstić information content (AvgIpc) is 3.38. The molecule has 1 aliphatic heterocycles. The summed E-state index contributed by atoms with van der Waals surface area (Å²) in [5, 5.41) is 0. The van der Waals surface area contributed by atoms with E-state index in [1.54, 1.807) is 6.07 Å². The fourth-order valence-corrected chi connectivity index (χ4v) is 8.06. The molecular weight excluding hydrogens is 490 g/mol. The summed E-state index contributed by atoms with van der Waals surface area (Å²) in [4.78, 5) is 18.1. The standard InChI is InChI=1S/C21H24ClN3O4S3/c1-3-25-19-15(29-4-2)6-5-7-16(19)30-21(25)23-20(26)14-10-12-24(13-11-14)32(27,28)18-9-8-17(22)31-18/h5-9,14H,3-4,10-13H2,1-2H3. The lowest BCUT2D eigenvalue weighted by Crippen LogP contribution is -2.40. The maximum Gasteiger partial charge on any atom is 0.252 e. The maximum atomic E-state index is 13.0. The van der Waals surface area contributed by atoms with Crippen molar-refractivity contribution in [2.45, 2.75) is 37.4 Å². The Morgan fingerprint density at radius 1 is 1.19 bits per heavy atom. The van der Waals surface area contributed by atoms with Crippen molar-refractivity contribution in [3.63, 3.8) is 0 Å². The zero-order chi connectivity index (χ0) is 22.9. The van der Waals surface area contributed by atoms with Crippen molar-refractivity contribution < 1.29 is 17.9 Å². The first-order chi connectivity index (χ1) is 15.3. The largest absolute Gasteiger partial charge is 0.492 e. The van der Waals surface area contributed by atoms with Crippen LogP contribution in [0.1, 0.15) is 26.7 Å². The summed E-state index contributed by atoms with van der Waals surface area (Å²) in [5.74, 6) is 0.285. The number of benzene rings is 1. The topological polar surface area (TPSA) is 81.0 Å². The molecule has 1 amide bonds. The third-order valence-electron chi connectivity index (χ3n) is 5.43. The number of rotatable bonds is 6. The van der Waals surface area contributed by atoms with E-state index >= 15 is 0 Å². The van der Waals surface area contributed by atoms with E-state index in [-0.39, 0.29) is 16.0 Å². The van der Waals surface area contributed by atoms with Crippen LogP contribution in [0.25, 0.3) is 10.2 Å². The van der Waals surface area contributed by atoms with Gasteiger partial charge in [-0.15, -0.1) is 11.3 Å². The number of aromatic nitrogens is 1. The summed E-state index contributed by atoms with van der Waals surface area (Å²) in [6.45, 7) is 5.75. The van der Waals surface area contributed by atoms with Crippen LogP contribution in [0, 0.1) is 5.92 Å². The highest BCUT2D eigenvalue weighted by atomic mass is 35.5. The number of carbonyl (C=O) groups excluding carboxylic acids is 1. The molecule has 1 saturated heterocycles. The molecule has 172 valence electrons. The number of ether oxygens (including phenoxy) is 1. The second kappa shape index (κ2) is 9.64. The molecule has 7 nitrogen and oxygen atoms in total.